The van der Waals surface area contributed by atoms with Gasteiger partial charge in [0.1, 0.15) is 11.0 Å². The maximum atomic E-state index is 12.8. The molecule has 3 N–H and O–H groups in total. The quantitative estimate of drug-likeness (QED) is 0.194. The Morgan fingerprint density at radius 1 is 1.18 bits per heavy atom. The Balaban J connectivity index is 1.49. The predicted octanol–water partition coefficient (Wildman–Crippen LogP) is 3.17. The molecule has 3 aromatic carbocycles. The number of nitrogens with zero attached hydrogens (tertiary/aromatic N) is 4. The van der Waals surface area contributed by atoms with Crippen molar-refractivity contribution in [2.75, 3.05) is 4.90 Å². The minimum Gasteiger partial charge on any atom is -0.507 e. The standard InChI is InChI=1S/C22H17N5O5S/c23-22(25-24-12-17-16-7-2-1-4-13(16)8-9-18(17)28)33-19-11-20(29)26(21(19)30)14-5-3-6-15(10-14)27(31)32/h1-10,12,19,28H,11H2,(H2,23,25)/b24-12-/t19-/m0/s1. The van der Waals surface area contributed by atoms with E-state index >= 15 is 0 Å². The monoisotopic (exact) mass is 463 g/mol. The van der Waals surface area contributed by atoms with E-state index in [1.54, 1.807) is 12.1 Å². The number of imide groups is 1. The molecule has 1 atom stereocenters. The third-order valence-electron chi connectivity index (χ3n) is 4.96. The number of nitro groups is 1. The summed E-state index contributed by atoms with van der Waals surface area (Å²) in [7, 11) is 0. The normalized spacial score (nSPS) is 16.8. The molecule has 2 amide bonds. The second-order valence-corrected chi connectivity index (χ2v) is 8.28. The van der Waals surface area contributed by atoms with Crippen molar-refractivity contribution in [3.63, 3.8) is 0 Å². The van der Waals surface area contributed by atoms with Gasteiger partial charge in [-0.3, -0.25) is 19.7 Å². The number of hydrogen-bond donors (Lipinski definition) is 2. The minimum atomic E-state index is -0.832. The first-order chi connectivity index (χ1) is 15.8. The molecule has 166 valence electrons. The predicted molar refractivity (Wildman–Crippen MR) is 126 cm³/mol. The number of phenolic OH excluding ortho intramolecular Hbond substituents is 1. The second-order valence-electron chi connectivity index (χ2n) is 7.06. The Labute approximate surface area is 191 Å². The first-order valence-electron chi connectivity index (χ1n) is 9.70. The molecule has 0 bridgehead atoms. The molecule has 0 spiro atoms. The number of rotatable bonds is 5. The number of carbonyl (C=O) groups excluding carboxylic acids is 2. The molecule has 0 aliphatic carbocycles. The SMILES string of the molecule is NC(=N/N=C\c1c(O)ccc2ccccc12)S[C@H]1CC(=O)N(c2cccc([N+](=O)[O-])c2)C1=O. The number of thioether (sulfide) groups is 1. The molecule has 0 radical (unpaired) electrons. The number of phenols is 1. The second kappa shape index (κ2) is 9.09. The summed E-state index contributed by atoms with van der Waals surface area (Å²) in [6.45, 7) is 0. The summed E-state index contributed by atoms with van der Waals surface area (Å²) in [5.74, 6) is -1.00. The fourth-order valence-corrected chi connectivity index (χ4v) is 4.26. The smallest absolute Gasteiger partial charge is 0.271 e. The van der Waals surface area contributed by atoms with Gasteiger partial charge in [0.15, 0.2) is 5.17 Å². The van der Waals surface area contributed by atoms with Crippen LogP contribution in [0.5, 0.6) is 5.75 Å². The van der Waals surface area contributed by atoms with Crippen molar-refractivity contribution in [2.45, 2.75) is 11.7 Å². The number of aromatic hydroxyl groups is 1. The van der Waals surface area contributed by atoms with Gasteiger partial charge in [0.05, 0.1) is 16.8 Å². The Morgan fingerprint density at radius 3 is 2.76 bits per heavy atom. The van der Waals surface area contributed by atoms with E-state index in [1.165, 1.54) is 30.5 Å². The zero-order valence-corrected chi connectivity index (χ0v) is 17.8. The molecule has 0 saturated carbocycles. The summed E-state index contributed by atoms with van der Waals surface area (Å²) in [5.41, 5.74) is 6.26. The van der Waals surface area contributed by atoms with Crippen molar-refractivity contribution in [3.05, 3.63) is 76.3 Å². The van der Waals surface area contributed by atoms with Gasteiger partial charge in [-0.15, -0.1) is 5.10 Å². The van der Waals surface area contributed by atoms with Crippen LogP contribution in [-0.2, 0) is 9.59 Å². The molecule has 1 heterocycles. The zero-order chi connectivity index (χ0) is 23.5. The molecular weight excluding hydrogens is 446 g/mol. The van der Waals surface area contributed by atoms with E-state index in [0.717, 1.165) is 27.4 Å². The highest BCUT2D eigenvalue weighted by atomic mass is 32.2. The van der Waals surface area contributed by atoms with E-state index in [0.29, 0.717) is 5.56 Å². The van der Waals surface area contributed by atoms with Crippen LogP contribution in [0, 0.1) is 10.1 Å². The Hall–Kier alpha value is -4.25. The van der Waals surface area contributed by atoms with E-state index in [4.69, 9.17) is 5.73 Å². The first-order valence-corrected chi connectivity index (χ1v) is 10.6. The van der Waals surface area contributed by atoms with Crippen molar-refractivity contribution < 1.29 is 19.6 Å². The van der Waals surface area contributed by atoms with E-state index in [-0.39, 0.29) is 28.7 Å². The lowest BCUT2D eigenvalue weighted by molar-refractivity contribution is -0.384. The maximum Gasteiger partial charge on any atom is 0.271 e. The van der Waals surface area contributed by atoms with E-state index < -0.39 is 22.0 Å². The molecule has 3 aromatic rings. The molecule has 10 nitrogen and oxygen atoms in total. The van der Waals surface area contributed by atoms with Gasteiger partial charge in [-0.2, -0.15) is 5.10 Å². The number of anilines is 1. The number of nitrogens with two attached hydrogens (primary N) is 1. The number of hydrogen-bond acceptors (Lipinski definition) is 8. The van der Waals surface area contributed by atoms with Crippen molar-refractivity contribution >= 4 is 57.1 Å². The molecule has 33 heavy (non-hydrogen) atoms. The van der Waals surface area contributed by atoms with Crippen LogP contribution in [0.25, 0.3) is 10.8 Å². The van der Waals surface area contributed by atoms with Gasteiger partial charge in [0, 0.05) is 24.1 Å². The lowest BCUT2D eigenvalue weighted by Crippen LogP contribution is -2.31. The van der Waals surface area contributed by atoms with Gasteiger partial charge in [0.2, 0.25) is 11.8 Å². The van der Waals surface area contributed by atoms with Crippen molar-refractivity contribution in [3.8, 4) is 5.75 Å². The molecular formula is C22H17N5O5S. The molecule has 0 unspecified atom stereocenters. The van der Waals surface area contributed by atoms with Crippen LogP contribution in [-0.4, -0.2) is 38.5 Å². The maximum absolute atomic E-state index is 12.8. The first kappa shape index (κ1) is 22.0. The number of amidine groups is 1. The minimum absolute atomic E-state index is 0.0306. The lowest BCUT2D eigenvalue weighted by Gasteiger charge is -2.14. The van der Waals surface area contributed by atoms with Crippen molar-refractivity contribution in [2.24, 2.45) is 15.9 Å². The molecule has 11 heteroatoms. The third kappa shape index (κ3) is 4.53. The fraction of sp³-hybridized carbons (Fsp3) is 0.0909. The van der Waals surface area contributed by atoms with E-state index in [1.807, 2.05) is 24.3 Å². The number of carbonyl (C=O) groups is 2. The van der Waals surface area contributed by atoms with Gasteiger partial charge in [-0.1, -0.05) is 48.2 Å². The van der Waals surface area contributed by atoms with E-state index in [9.17, 15) is 24.8 Å². The summed E-state index contributed by atoms with van der Waals surface area (Å²) in [4.78, 5) is 36.5. The van der Waals surface area contributed by atoms with Crippen molar-refractivity contribution in [1.29, 1.82) is 0 Å². The highest BCUT2D eigenvalue weighted by Gasteiger charge is 2.41. The van der Waals surface area contributed by atoms with E-state index in [2.05, 4.69) is 10.2 Å². The Bertz CT molecular complexity index is 1340. The number of nitro benzene ring substituents is 1. The van der Waals surface area contributed by atoms with Crippen LogP contribution in [0.2, 0.25) is 0 Å². The lowest BCUT2D eigenvalue weighted by atomic mass is 10.0. The van der Waals surface area contributed by atoms with Crippen LogP contribution >= 0.6 is 11.8 Å². The molecule has 1 aliphatic rings. The molecule has 0 aromatic heterocycles. The molecule has 1 aliphatic heterocycles. The highest BCUT2D eigenvalue weighted by Crippen LogP contribution is 2.31. The van der Waals surface area contributed by atoms with Crippen LogP contribution in [0.3, 0.4) is 0 Å². The fourth-order valence-electron chi connectivity index (χ4n) is 3.45. The van der Waals surface area contributed by atoms with Crippen LogP contribution in [0.15, 0.2) is 70.9 Å². The van der Waals surface area contributed by atoms with Crippen LogP contribution in [0.1, 0.15) is 12.0 Å². The number of non-ortho nitro benzene ring substituents is 1. The Kier molecular flexibility index (Phi) is 6.05. The van der Waals surface area contributed by atoms with Gasteiger partial charge >= 0.3 is 0 Å². The van der Waals surface area contributed by atoms with Gasteiger partial charge in [0.25, 0.3) is 5.69 Å². The zero-order valence-electron chi connectivity index (χ0n) is 17.0. The average Bonchev–Trinajstić information content (AvgIpc) is 3.07. The number of benzene rings is 3. The molecule has 4 rings (SSSR count). The van der Waals surface area contributed by atoms with Crippen molar-refractivity contribution in [1.82, 2.24) is 0 Å². The van der Waals surface area contributed by atoms with Crippen LogP contribution < -0.4 is 10.6 Å². The van der Waals surface area contributed by atoms with Crippen LogP contribution in [0.4, 0.5) is 11.4 Å². The largest absolute Gasteiger partial charge is 0.507 e. The van der Waals surface area contributed by atoms with Gasteiger partial charge in [-0.05, 0) is 22.9 Å². The summed E-state index contributed by atoms with van der Waals surface area (Å²) in [5, 5.41) is 29.8. The summed E-state index contributed by atoms with van der Waals surface area (Å²) >= 11 is 0.877. The summed E-state index contributed by atoms with van der Waals surface area (Å²) in [6, 6.07) is 16.1. The van der Waals surface area contributed by atoms with Gasteiger partial charge < -0.3 is 10.8 Å². The summed E-state index contributed by atoms with van der Waals surface area (Å²) < 4.78 is 0. The van der Waals surface area contributed by atoms with Gasteiger partial charge in [-0.25, -0.2) is 4.90 Å². The molecule has 1 saturated heterocycles. The molecule has 1 fully saturated rings. The Morgan fingerprint density at radius 2 is 1.97 bits per heavy atom. The number of fused-ring (bicyclic) bond motifs is 1. The summed E-state index contributed by atoms with van der Waals surface area (Å²) in [6.07, 6.45) is 1.23. The third-order valence-corrected chi connectivity index (χ3v) is 5.93. The topological polar surface area (TPSA) is 151 Å². The highest BCUT2D eigenvalue weighted by molar-refractivity contribution is 8.14. The average molecular weight is 463 g/mol. The number of amides is 2.